The molecular formula is C14H16ClNO4S. The van der Waals surface area contributed by atoms with E-state index in [0.29, 0.717) is 13.0 Å². The molecule has 2 heterocycles. The predicted molar refractivity (Wildman–Crippen MR) is 79.1 cm³/mol. The quantitative estimate of drug-likeness (QED) is 0.782. The minimum absolute atomic E-state index is 0.0101. The van der Waals surface area contributed by atoms with Gasteiger partial charge in [-0.05, 0) is 23.6 Å². The molecule has 3 rings (SSSR count). The Hall–Kier alpha value is -1.27. The van der Waals surface area contributed by atoms with Crippen LogP contribution in [0.25, 0.3) is 0 Å². The summed E-state index contributed by atoms with van der Waals surface area (Å²) in [5, 5.41) is -0.778. The molecule has 1 saturated heterocycles. The smallest absolute Gasteiger partial charge is 0.237 e. The number of hydrogen-bond acceptors (Lipinski definition) is 4. The summed E-state index contributed by atoms with van der Waals surface area (Å²) in [5.74, 6) is 0.790. The highest BCUT2D eigenvalue weighted by Crippen LogP contribution is 2.26. The number of ether oxygens (including phenoxy) is 1. The first kappa shape index (κ1) is 14.7. The molecule has 1 unspecified atom stereocenters. The summed E-state index contributed by atoms with van der Waals surface area (Å²) >= 11 is 0. The van der Waals surface area contributed by atoms with Crippen LogP contribution in [0, 0.1) is 0 Å². The third kappa shape index (κ3) is 3.16. The molecule has 0 aliphatic carbocycles. The van der Waals surface area contributed by atoms with Crippen molar-refractivity contribution in [2.75, 3.05) is 19.7 Å². The van der Waals surface area contributed by atoms with E-state index in [-0.39, 0.29) is 18.9 Å². The second-order valence-electron chi connectivity index (χ2n) is 5.43. The first-order chi connectivity index (χ1) is 9.93. The van der Waals surface area contributed by atoms with E-state index >= 15 is 0 Å². The summed E-state index contributed by atoms with van der Waals surface area (Å²) < 4.78 is 28.1. The summed E-state index contributed by atoms with van der Waals surface area (Å²) in [6.45, 7) is 1.43. The van der Waals surface area contributed by atoms with E-state index in [1.54, 1.807) is 4.90 Å². The van der Waals surface area contributed by atoms with Crippen LogP contribution in [-0.2, 0) is 26.7 Å². The molecule has 114 valence electrons. The Kier molecular flexibility index (Phi) is 3.84. The number of carbonyl (C=O) groups is 1. The van der Waals surface area contributed by atoms with Crippen LogP contribution >= 0.6 is 10.7 Å². The van der Waals surface area contributed by atoms with E-state index in [2.05, 4.69) is 6.07 Å². The van der Waals surface area contributed by atoms with Crippen LogP contribution in [0.4, 0.5) is 0 Å². The standard InChI is InChI=1S/C14H16ClNO4S/c15-21(18,19)12-8-14(17)16(9-12)5-3-10-1-2-13-11(7-10)4-6-20-13/h1-2,7,12H,3-6,8-9H2. The van der Waals surface area contributed by atoms with Gasteiger partial charge in [-0.1, -0.05) is 12.1 Å². The number of carbonyl (C=O) groups excluding carboxylic acids is 1. The van der Waals surface area contributed by atoms with Gasteiger partial charge in [-0.25, -0.2) is 8.42 Å². The monoisotopic (exact) mass is 329 g/mol. The molecule has 2 aliphatic heterocycles. The SMILES string of the molecule is O=C1CC(S(=O)(=O)Cl)CN1CCc1ccc2c(c1)CCO2. The van der Waals surface area contributed by atoms with Gasteiger partial charge in [0.05, 0.1) is 6.61 Å². The fourth-order valence-corrected chi connectivity index (χ4v) is 3.86. The number of rotatable bonds is 4. The zero-order valence-corrected chi connectivity index (χ0v) is 13.0. The summed E-state index contributed by atoms with van der Waals surface area (Å²) in [4.78, 5) is 13.4. The molecule has 1 aromatic rings. The summed E-state index contributed by atoms with van der Waals surface area (Å²) in [7, 11) is 1.66. The maximum absolute atomic E-state index is 11.8. The first-order valence-corrected chi connectivity index (χ1v) is 9.26. The van der Waals surface area contributed by atoms with Crippen LogP contribution in [0.2, 0.25) is 0 Å². The third-order valence-electron chi connectivity index (χ3n) is 4.00. The highest BCUT2D eigenvalue weighted by atomic mass is 35.7. The van der Waals surface area contributed by atoms with Crippen molar-refractivity contribution < 1.29 is 17.9 Å². The number of amides is 1. The zero-order valence-electron chi connectivity index (χ0n) is 11.4. The Balaban J connectivity index is 1.62. The Morgan fingerprint density at radius 3 is 2.90 bits per heavy atom. The van der Waals surface area contributed by atoms with Crippen molar-refractivity contribution in [1.29, 1.82) is 0 Å². The molecule has 0 bridgehead atoms. The molecule has 0 N–H and O–H groups in total. The number of hydrogen-bond donors (Lipinski definition) is 0. The minimum Gasteiger partial charge on any atom is -0.493 e. The Morgan fingerprint density at radius 1 is 1.38 bits per heavy atom. The molecule has 1 amide bonds. The molecule has 1 fully saturated rings. The predicted octanol–water partition coefficient (Wildman–Crippen LogP) is 1.33. The van der Waals surface area contributed by atoms with Crippen molar-refractivity contribution in [3.8, 4) is 5.75 Å². The fourth-order valence-electron chi connectivity index (χ4n) is 2.80. The lowest BCUT2D eigenvalue weighted by molar-refractivity contribution is -0.127. The van der Waals surface area contributed by atoms with Gasteiger partial charge in [-0.3, -0.25) is 4.79 Å². The second kappa shape index (κ2) is 5.50. The number of nitrogens with zero attached hydrogens (tertiary/aromatic N) is 1. The average molecular weight is 330 g/mol. The van der Waals surface area contributed by atoms with Gasteiger partial charge in [-0.2, -0.15) is 0 Å². The van der Waals surface area contributed by atoms with E-state index in [9.17, 15) is 13.2 Å². The Labute approximate surface area is 128 Å². The van der Waals surface area contributed by atoms with Gasteiger partial charge in [0.25, 0.3) is 0 Å². The van der Waals surface area contributed by atoms with Crippen molar-refractivity contribution in [3.05, 3.63) is 29.3 Å². The van der Waals surface area contributed by atoms with Gasteiger partial charge in [0.1, 0.15) is 11.0 Å². The van der Waals surface area contributed by atoms with Crippen molar-refractivity contribution in [2.45, 2.75) is 24.5 Å². The lowest BCUT2D eigenvalue weighted by atomic mass is 10.1. The van der Waals surface area contributed by atoms with Gasteiger partial charge in [0.2, 0.25) is 15.0 Å². The molecule has 0 aromatic heterocycles. The molecule has 7 heteroatoms. The average Bonchev–Trinajstić information content (AvgIpc) is 3.01. The van der Waals surface area contributed by atoms with Gasteiger partial charge < -0.3 is 9.64 Å². The zero-order chi connectivity index (χ0) is 15.0. The third-order valence-corrected chi connectivity index (χ3v) is 5.87. The maximum Gasteiger partial charge on any atom is 0.237 e. The molecule has 0 spiro atoms. The summed E-state index contributed by atoms with van der Waals surface area (Å²) in [6.07, 6.45) is 1.61. The first-order valence-electron chi connectivity index (χ1n) is 6.89. The van der Waals surface area contributed by atoms with Crippen LogP contribution in [-0.4, -0.2) is 44.2 Å². The van der Waals surface area contributed by atoms with Gasteiger partial charge in [0, 0.05) is 36.6 Å². The van der Waals surface area contributed by atoms with Crippen molar-refractivity contribution in [1.82, 2.24) is 4.90 Å². The lowest BCUT2D eigenvalue weighted by Gasteiger charge is -2.16. The Bertz CT molecular complexity index is 674. The maximum atomic E-state index is 11.8. The minimum atomic E-state index is -3.67. The van der Waals surface area contributed by atoms with Crippen molar-refractivity contribution in [3.63, 3.8) is 0 Å². The number of likely N-dealkylation sites (tertiary alicyclic amines) is 1. The molecule has 1 aromatic carbocycles. The molecule has 21 heavy (non-hydrogen) atoms. The molecule has 0 saturated carbocycles. The van der Waals surface area contributed by atoms with Gasteiger partial charge in [-0.15, -0.1) is 0 Å². The second-order valence-corrected chi connectivity index (χ2v) is 8.34. The van der Waals surface area contributed by atoms with Crippen LogP contribution < -0.4 is 4.74 Å². The molecule has 0 radical (unpaired) electrons. The van der Waals surface area contributed by atoms with Crippen LogP contribution in [0.5, 0.6) is 5.75 Å². The number of halogens is 1. The van der Waals surface area contributed by atoms with Crippen LogP contribution in [0.3, 0.4) is 0 Å². The van der Waals surface area contributed by atoms with E-state index in [1.807, 2.05) is 12.1 Å². The van der Waals surface area contributed by atoms with Crippen molar-refractivity contribution >= 4 is 25.6 Å². The lowest BCUT2D eigenvalue weighted by Crippen LogP contribution is -2.29. The fraction of sp³-hybridized carbons (Fsp3) is 0.500. The molecule has 1 atom stereocenters. The number of benzene rings is 1. The van der Waals surface area contributed by atoms with Crippen molar-refractivity contribution in [2.24, 2.45) is 0 Å². The molecular weight excluding hydrogens is 314 g/mol. The molecule has 2 aliphatic rings. The highest BCUT2D eigenvalue weighted by molar-refractivity contribution is 8.14. The van der Waals surface area contributed by atoms with E-state index in [0.717, 1.165) is 24.3 Å². The highest BCUT2D eigenvalue weighted by Gasteiger charge is 2.36. The summed E-state index contributed by atoms with van der Waals surface area (Å²) in [6, 6.07) is 6.04. The van der Waals surface area contributed by atoms with E-state index in [4.69, 9.17) is 15.4 Å². The van der Waals surface area contributed by atoms with Gasteiger partial charge >= 0.3 is 0 Å². The Morgan fingerprint density at radius 2 is 2.19 bits per heavy atom. The van der Waals surface area contributed by atoms with E-state index in [1.165, 1.54) is 5.56 Å². The van der Waals surface area contributed by atoms with Crippen LogP contribution in [0.15, 0.2) is 18.2 Å². The summed E-state index contributed by atoms with van der Waals surface area (Å²) in [5.41, 5.74) is 2.32. The largest absolute Gasteiger partial charge is 0.493 e. The topological polar surface area (TPSA) is 63.7 Å². The number of fused-ring (bicyclic) bond motifs is 1. The normalized spacial score (nSPS) is 21.5. The van der Waals surface area contributed by atoms with Gasteiger partial charge in [0.15, 0.2) is 0 Å². The van der Waals surface area contributed by atoms with E-state index < -0.39 is 14.3 Å². The molecule has 5 nitrogen and oxygen atoms in total. The van der Waals surface area contributed by atoms with Crippen LogP contribution in [0.1, 0.15) is 17.5 Å².